The van der Waals surface area contributed by atoms with Crippen LogP contribution in [0.5, 0.6) is 0 Å². The fourth-order valence-electron chi connectivity index (χ4n) is 2.98. The van der Waals surface area contributed by atoms with Gasteiger partial charge in [-0.1, -0.05) is 12.1 Å². The summed E-state index contributed by atoms with van der Waals surface area (Å²) in [5.74, 6) is -0.333. The first-order chi connectivity index (χ1) is 9.65. The Morgan fingerprint density at radius 3 is 2.65 bits per heavy atom. The monoisotopic (exact) mass is 276 g/mol. The Kier molecular flexibility index (Phi) is 3.22. The van der Waals surface area contributed by atoms with Crippen molar-refractivity contribution in [1.82, 2.24) is 9.88 Å². The van der Waals surface area contributed by atoms with Crippen LogP contribution in [0.25, 0.3) is 11.1 Å². The number of oxazole rings is 1. The molecule has 1 aliphatic rings. The number of nitrogens with one attached hydrogen (secondary N) is 1. The third kappa shape index (κ3) is 2.29. The van der Waals surface area contributed by atoms with E-state index in [4.69, 9.17) is 9.52 Å². The van der Waals surface area contributed by atoms with Crippen LogP contribution in [0.4, 0.5) is 4.79 Å². The molecule has 6 heteroatoms. The molecule has 1 fully saturated rings. The van der Waals surface area contributed by atoms with Gasteiger partial charge in [-0.05, 0) is 37.8 Å². The molecule has 0 spiro atoms. The van der Waals surface area contributed by atoms with Crippen LogP contribution in [0.3, 0.4) is 0 Å². The highest BCUT2D eigenvalue weighted by Gasteiger charge is 2.26. The van der Waals surface area contributed by atoms with E-state index >= 15 is 0 Å². The van der Waals surface area contributed by atoms with E-state index in [1.54, 1.807) is 10.6 Å². The molecule has 1 heterocycles. The van der Waals surface area contributed by atoms with E-state index in [0.29, 0.717) is 5.58 Å². The maximum atomic E-state index is 12.0. The quantitative estimate of drug-likeness (QED) is 0.881. The molecule has 0 atom stereocenters. The van der Waals surface area contributed by atoms with Crippen LogP contribution in [0, 0.1) is 0 Å². The number of aromatic nitrogens is 1. The summed E-state index contributed by atoms with van der Waals surface area (Å²) < 4.78 is 6.94. The largest absolute Gasteiger partial charge is 0.465 e. The van der Waals surface area contributed by atoms with Crippen molar-refractivity contribution < 1.29 is 14.3 Å². The molecule has 2 N–H and O–H groups in total. The number of fused-ring (bicyclic) bond motifs is 1. The first kappa shape index (κ1) is 12.8. The number of hydrogen-bond acceptors (Lipinski definition) is 3. The van der Waals surface area contributed by atoms with E-state index < -0.39 is 6.09 Å². The van der Waals surface area contributed by atoms with Crippen molar-refractivity contribution >= 4 is 17.2 Å². The van der Waals surface area contributed by atoms with Gasteiger partial charge in [0.05, 0.1) is 5.52 Å². The zero-order valence-corrected chi connectivity index (χ0v) is 10.9. The molecule has 2 aromatic rings. The van der Waals surface area contributed by atoms with Gasteiger partial charge in [-0.25, -0.2) is 9.59 Å². The van der Waals surface area contributed by atoms with Crippen LogP contribution in [0.1, 0.15) is 31.7 Å². The van der Waals surface area contributed by atoms with E-state index in [0.717, 1.165) is 31.2 Å². The minimum atomic E-state index is -0.987. The summed E-state index contributed by atoms with van der Waals surface area (Å²) in [5.41, 5.74) is 1.41. The highest BCUT2D eigenvalue weighted by Crippen LogP contribution is 2.30. The molecule has 6 nitrogen and oxygen atoms in total. The summed E-state index contributed by atoms with van der Waals surface area (Å²) in [6, 6.07) is 7.44. The summed E-state index contributed by atoms with van der Waals surface area (Å²) in [7, 11) is 0. The van der Waals surface area contributed by atoms with Gasteiger partial charge in [0.15, 0.2) is 5.58 Å². The van der Waals surface area contributed by atoms with Crippen LogP contribution in [-0.2, 0) is 0 Å². The number of hydrogen-bond donors (Lipinski definition) is 2. The van der Waals surface area contributed by atoms with Gasteiger partial charge in [0, 0.05) is 12.1 Å². The normalized spacial score (nSPS) is 22.8. The van der Waals surface area contributed by atoms with Gasteiger partial charge < -0.3 is 14.8 Å². The van der Waals surface area contributed by atoms with Crippen molar-refractivity contribution in [3.05, 3.63) is 34.8 Å². The van der Waals surface area contributed by atoms with Gasteiger partial charge in [0.1, 0.15) is 0 Å². The lowest BCUT2D eigenvalue weighted by Crippen LogP contribution is -2.37. The molecule has 3 rings (SSSR count). The summed E-state index contributed by atoms with van der Waals surface area (Å²) >= 11 is 0. The average molecular weight is 276 g/mol. The van der Waals surface area contributed by atoms with Crippen molar-refractivity contribution in [2.45, 2.75) is 37.8 Å². The van der Waals surface area contributed by atoms with Gasteiger partial charge in [-0.2, -0.15) is 0 Å². The molecule has 1 aromatic heterocycles. The van der Waals surface area contributed by atoms with Crippen molar-refractivity contribution in [2.75, 3.05) is 0 Å². The Labute approximate surface area is 115 Å². The molecule has 1 aromatic carbocycles. The molecule has 20 heavy (non-hydrogen) atoms. The predicted molar refractivity (Wildman–Crippen MR) is 72.9 cm³/mol. The fraction of sp³-hybridized carbons (Fsp3) is 0.429. The van der Waals surface area contributed by atoms with Gasteiger partial charge in [-0.3, -0.25) is 4.57 Å². The molecule has 1 aliphatic carbocycles. The van der Waals surface area contributed by atoms with E-state index in [1.807, 2.05) is 18.2 Å². The SMILES string of the molecule is O=C(O)NC1CCC(n2c(=O)oc3ccccc32)CC1. The molecule has 0 unspecified atom stereocenters. The second-order valence-electron chi connectivity index (χ2n) is 5.16. The van der Waals surface area contributed by atoms with Gasteiger partial charge in [-0.15, -0.1) is 0 Å². The number of amides is 1. The summed E-state index contributed by atoms with van der Waals surface area (Å²) in [5, 5.41) is 11.2. The Morgan fingerprint density at radius 2 is 1.95 bits per heavy atom. The molecular weight excluding hydrogens is 260 g/mol. The lowest BCUT2D eigenvalue weighted by Gasteiger charge is -2.28. The average Bonchev–Trinajstić information content (AvgIpc) is 2.75. The number of carboxylic acid groups (broad SMARTS) is 1. The van der Waals surface area contributed by atoms with Crippen LogP contribution in [0.15, 0.2) is 33.5 Å². The second kappa shape index (κ2) is 5.03. The number of para-hydroxylation sites is 2. The van der Waals surface area contributed by atoms with Gasteiger partial charge in [0.25, 0.3) is 0 Å². The van der Waals surface area contributed by atoms with Crippen LogP contribution < -0.4 is 11.1 Å². The van der Waals surface area contributed by atoms with E-state index in [2.05, 4.69) is 5.32 Å². The zero-order valence-electron chi connectivity index (χ0n) is 10.9. The fourth-order valence-corrected chi connectivity index (χ4v) is 2.98. The van der Waals surface area contributed by atoms with Crippen molar-refractivity contribution in [1.29, 1.82) is 0 Å². The third-order valence-electron chi connectivity index (χ3n) is 3.91. The maximum Gasteiger partial charge on any atom is 0.420 e. The molecule has 0 bridgehead atoms. The van der Waals surface area contributed by atoms with E-state index in [-0.39, 0.29) is 17.8 Å². The standard InChI is InChI=1S/C14H16N2O4/c17-13(18)15-9-5-7-10(8-6-9)16-11-3-1-2-4-12(11)20-14(16)19/h1-4,9-10,15H,5-8H2,(H,17,18). The van der Waals surface area contributed by atoms with Crippen LogP contribution >= 0.6 is 0 Å². The summed E-state index contributed by atoms with van der Waals surface area (Å²) in [6.45, 7) is 0. The summed E-state index contributed by atoms with van der Waals surface area (Å²) in [6.07, 6.45) is 2.04. The second-order valence-corrected chi connectivity index (χ2v) is 5.16. The first-order valence-electron chi connectivity index (χ1n) is 6.74. The van der Waals surface area contributed by atoms with Crippen LogP contribution in [0.2, 0.25) is 0 Å². The number of nitrogens with zero attached hydrogens (tertiary/aromatic N) is 1. The molecule has 0 radical (unpaired) electrons. The van der Waals surface area contributed by atoms with E-state index in [1.165, 1.54) is 0 Å². The lowest BCUT2D eigenvalue weighted by molar-refractivity contribution is 0.182. The third-order valence-corrected chi connectivity index (χ3v) is 3.91. The zero-order chi connectivity index (χ0) is 14.1. The molecule has 1 amide bonds. The van der Waals surface area contributed by atoms with Crippen molar-refractivity contribution in [3.63, 3.8) is 0 Å². The van der Waals surface area contributed by atoms with Gasteiger partial charge >= 0.3 is 11.8 Å². The Bertz CT molecular complexity index is 680. The molecular formula is C14H16N2O4. The predicted octanol–water partition coefficient (Wildman–Crippen LogP) is 2.35. The Balaban J connectivity index is 1.82. The number of rotatable bonds is 2. The molecule has 1 saturated carbocycles. The van der Waals surface area contributed by atoms with E-state index in [9.17, 15) is 9.59 Å². The topological polar surface area (TPSA) is 84.5 Å². The summed E-state index contributed by atoms with van der Waals surface area (Å²) in [4.78, 5) is 22.6. The number of benzene rings is 1. The molecule has 106 valence electrons. The first-order valence-corrected chi connectivity index (χ1v) is 6.74. The Hall–Kier alpha value is -2.24. The van der Waals surface area contributed by atoms with Gasteiger partial charge in [0.2, 0.25) is 0 Å². The van der Waals surface area contributed by atoms with Crippen LogP contribution in [-0.4, -0.2) is 21.8 Å². The molecule has 0 saturated heterocycles. The van der Waals surface area contributed by atoms with Crippen molar-refractivity contribution in [2.24, 2.45) is 0 Å². The highest BCUT2D eigenvalue weighted by molar-refractivity contribution is 5.72. The smallest absolute Gasteiger partial charge is 0.420 e. The highest BCUT2D eigenvalue weighted by atomic mass is 16.4. The Morgan fingerprint density at radius 1 is 1.25 bits per heavy atom. The lowest BCUT2D eigenvalue weighted by atomic mass is 9.91. The minimum Gasteiger partial charge on any atom is -0.465 e. The van der Waals surface area contributed by atoms with Crippen molar-refractivity contribution in [3.8, 4) is 0 Å². The number of carbonyl (C=O) groups is 1. The maximum absolute atomic E-state index is 12.0. The minimum absolute atomic E-state index is 0.0161. The molecule has 0 aliphatic heterocycles.